The normalized spacial score (nSPS) is 10.5. The number of anilines is 1. The number of hydrogen-bond acceptors (Lipinski definition) is 3. The molecule has 0 saturated heterocycles. The first-order chi connectivity index (χ1) is 12.3. The van der Waals surface area contributed by atoms with Crippen molar-refractivity contribution in [2.75, 3.05) is 11.9 Å². The van der Waals surface area contributed by atoms with Crippen LogP contribution in [0.5, 0.6) is 0 Å². The Kier molecular flexibility index (Phi) is 6.02. The number of ether oxygens (including phenoxy) is 1. The molecule has 0 aliphatic rings. The van der Waals surface area contributed by atoms with E-state index in [4.69, 9.17) is 4.74 Å². The van der Waals surface area contributed by atoms with Crippen LogP contribution in [-0.4, -0.2) is 24.7 Å². The number of benzene rings is 2. The van der Waals surface area contributed by atoms with Crippen LogP contribution in [0.3, 0.4) is 0 Å². The number of rotatable bonds is 3. The zero-order valence-corrected chi connectivity index (χ0v) is 13.7. The molecule has 1 N–H and O–H groups in total. The van der Waals surface area contributed by atoms with Crippen molar-refractivity contribution in [1.82, 2.24) is 0 Å². The molecule has 0 aliphatic carbocycles. The highest BCUT2D eigenvalue weighted by Crippen LogP contribution is 2.20. The van der Waals surface area contributed by atoms with Crippen LogP contribution in [-0.2, 0) is 9.53 Å². The third-order valence-electron chi connectivity index (χ3n) is 3.17. The summed E-state index contributed by atoms with van der Waals surface area (Å²) in [5, 5.41) is 1.80. The molecule has 0 fully saturated rings. The molecule has 0 aliphatic heterocycles. The Morgan fingerprint density at radius 3 is 2.31 bits per heavy atom. The van der Waals surface area contributed by atoms with Crippen LogP contribution >= 0.6 is 0 Å². The van der Waals surface area contributed by atoms with Gasteiger partial charge in [-0.15, -0.1) is 0 Å². The summed E-state index contributed by atoms with van der Waals surface area (Å²) < 4.78 is 42.0. The summed E-state index contributed by atoms with van der Waals surface area (Å²) >= 11 is 0. The lowest BCUT2D eigenvalue weighted by atomic mass is 10.1. The van der Waals surface area contributed by atoms with Crippen molar-refractivity contribution in [2.45, 2.75) is 13.1 Å². The first-order valence-corrected chi connectivity index (χ1v) is 7.57. The average molecular weight is 361 g/mol. The molecule has 0 atom stereocenters. The van der Waals surface area contributed by atoms with E-state index in [1.807, 2.05) is 0 Å². The van der Waals surface area contributed by atoms with Gasteiger partial charge in [-0.05, 0) is 43.3 Å². The van der Waals surface area contributed by atoms with Crippen LogP contribution in [0.25, 0.3) is 0 Å². The van der Waals surface area contributed by atoms with Gasteiger partial charge in [-0.1, -0.05) is 24.0 Å². The molecule has 0 bridgehead atoms. The number of halogens is 3. The summed E-state index contributed by atoms with van der Waals surface area (Å²) in [6, 6.07) is 12.2. The van der Waals surface area contributed by atoms with Gasteiger partial charge in [-0.3, -0.25) is 4.79 Å². The summed E-state index contributed by atoms with van der Waals surface area (Å²) in [4.78, 5) is 22.7. The third-order valence-corrected chi connectivity index (χ3v) is 3.17. The molecule has 2 aromatic carbocycles. The topological polar surface area (TPSA) is 55.4 Å². The maximum atomic E-state index is 12.4. The van der Waals surface area contributed by atoms with Gasteiger partial charge in [-0.2, -0.15) is 13.2 Å². The molecule has 0 unspecified atom stereocenters. The summed E-state index contributed by atoms with van der Waals surface area (Å²) in [6.07, 6.45) is -4.98. The summed E-state index contributed by atoms with van der Waals surface area (Å²) in [7, 11) is 0. The van der Waals surface area contributed by atoms with Gasteiger partial charge in [0, 0.05) is 11.1 Å². The first-order valence-electron chi connectivity index (χ1n) is 7.57. The highest BCUT2D eigenvalue weighted by Gasteiger charge is 2.38. The van der Waals surface area contributed by atoms with Crippen LogP contribution in [0, 0.1) is 11.8 Å². The minimum Gasteiger partial charge on any atom is -0.462 e. The number of alkyl halides is 3. The maximum Gasteiger partial charge on any atom is 0.471 e. The van der Waals surface area contributed by atoms with Gasteiger partial charge < -0.3 is 10.1 Å². The Morgan fingerprint density at radius 2 is 1.69 bits per heavy atom. The van der Waals surface area contributed by atoms with Gasteiger partial charge in [0.15, 0.2) is 0 Å². The van der Waals surface area contributed by atoms with Gasteiger partial charge in [-0.25, -0.2) is 4.79 Å². The monoisotopic (exact) mass is 361 g/mol. The minimum atomic E-state index is -4.98. The third kappa shape index (κ3) is 5.11. The molecule has 1 amide bonds. The number of amides is 1. The van der Waals surface area contributed by atoms with E-state index < -0.39 is 18.1 Å². The molecule has 2 rings (SSSR count). The standard InChI is InChI=1S/C19H14F3NO3/c1-2-26-17(24)15-11-8-13(9-12-15)7-10-14-5-3-4-6-16(14)23-18(25)19(20,21)22/h3-6,8-9,11-12H,2H2,1H3,(H,23,25). The van der Waals surface area contributed by atoms with E-state index in [0.717, 1.165) is 0 Å². The number of nitrogens with one attached hydrogen (secondary N) is 1. The highest BCUT2D eigenvalue weighted by atomic mass is 19.4. The fourth-order valence-electron chi connectivity index (χ4n) is 1.94. The van der Waals surface area contributed by atoms with Gasteiger partial charge in [0.1, 0.15) is 0 Å². The SMILES string of the molecule is CCOC(=O)c1ccc(C#Cc2ccccc2NC(=O)C(F)(F)F)cc1. The quantitative estimate of drug-likeness (QED) is 0.669. The van der Waals surface area contributed by atoms with E-state index in [0.29, 0.717) is 11.1 Å². The second-order valence-corrected chi connectivity index (χ2v) is 5.05. The van der Waals surface area contributed by atoms with E-state index in [-0.39, 0.29) is 17.9 Å². The molecule has 134 valence electrons. The summed E-state index contributed by atoms with van der Waals surface area (Å²) in [5.74, 6) is 2.97. The average Bonchev–Trinajstić information content (AvgIpc) is 2.61. The fourth-order valence-corrected chi connectivity index (χ4v) is 1.94. The van der Waals surface area contributed by atoms with Crippen LogP contribution in [0.2, 0.25) is 0 Å². The van der Waals surface area contributed by atoms with E-state index in [9.17, 15) is 22.8 Å². The molecular formula is C19H14F3NO3. The van der Waals surface area contributed by atoms with Crippen molar-refractivity contribution in [2.24, 2.45) is 0 Å². The molecule has 0 heterocycles. The van der Waals surface area contributed by atoms with Crippen LogP contribution in [0.1, 0.15) is 28.4 Å². The molecule has 26 heavy (non-hydrogen) atoms. The Hall–Kier alpha value is -3.27. The maximum absolute atomic E-state index is 12.4. The Balaban J connectivity index is 2.20. The molecule has 0 radical (unpaired) electrons. The van der Waals surface area contributed by atoms with E-state index in [1.165, 1.54) is 18.2 Å². The number of para-hydroxylation sites is 1. The summed E-state index contributed by atoms with van der Waals surface area (Å²) in [6.45, 7) is 1.97. The van der Waals surface area contributed by atoms with Crippen molar-refractivity contribution in [3.63, 3.8) is 0 Å². The molecule has 0 spiro atoms. The van der Waals surface area contributed by atoms with Crippen molar-refractivity contribution in [3.8, 4) is 11.8 Å². The zero-order chi connectivity index (χ0) is 19.2. The molecule has 0 aromatic heterocycles. The van der Waals surface area contributed by atoms with E-state index >= 15 is 0 Å². The van der Waals surface area contributed by atoms with Crippen molar-refractivity contribution < 1.29 is 27.5 Å². The Bertz CT molecular complexity index is 862. The smallest absolute Gasteiger partial charge is 0.462 e. The van der Waals surface area contributed by atoms with Gasteiger partial charge >= 0.3 is 18.1 Å². The lowest BCUT2D eigenvalue weighted by Crippen LogP contribution is -2.30. The number of hydrogen-bond donors (Lipinski definition) is 1. The summed E-state index contributed by atoms with van der Waals surface area (Å²) in [5.41, 5.74) is 1.12. The van der Waals surface area contributed by atoms with Gasteiger partial charge in [0.25, 0.3) is 0 Å². The number of esters is 1. The second kappa shape index (κ2) is 8.21. The molecule has 4 nitrogen and oxygen atoms in total. The second-order valence-electron chi connectivity index (χ2n) is 5.05. The van der Waals surface area contributed by atoms with Crippen LogP contribution in [0.15, 0.2) is 48.5 Å². The number of carbonyl (C=O) groups is 2. The Morgan fingerprint density at radius 1 is 1.04 bits per heavy atom. The van der Waals surface area contributed by atoms with E-state index in [2.05, 4.69) is 11.8 Å². The number of carbonyl (C=O) groups excluding carboxylic acids is 2. The molecule has 0 saturated carbocycles. The predicted molar refractivity (Wildman–Crippen MR) is 89.5 cm³/mol. The fraction of sp³-hybridized carbons (Fsp3) is 0.158. The van der Waals surface area contributed by atoms with Gasteiger partial charge in [0.05, 0.1) is 17.9 Å². The molecular weight excluding hydrogens is 347 g/mol. The van der Waals surface area contributed by atoms with Crippen LogP contribution < -0.4 is 5.32 Å². The predicted octanol–water partition coefficient (Wildman–Crippen LogP) is 3.76. The first kappa shape index (κ1) is 19.1. The lowest BCUT2D eigenvalue weighted by Gasteiger charge is -2.09. The van der Waals surface area contributed by atoms with Gasteiger partial charge in [0.2, 0.25) is 0 Å². The molecule has 7 heteroatoms. The highest BCUT2D eigenvalue weighted by molar-refractivity contribution is 5.96. The van der Waals surface area contributed by atoms with Crippen molar-refractivity contribution in [3.05, 3.63) is 65.2 Å². The minimum absolute atomic E-state index is 0.0366. The van der Waals surface area contributed by atoms with Crippen molar-refractivity contribution in [1.29, 1.82) is 0 Å². The molecule has 2 aromatic rings. The largest absolute Gasteiger partial charge is 0.471 e. The van der Waals surface area contributed by atoms with E-state index in [1.54, 1.807) is 42.6 Å². The van der Waals surface area contributed by atoms with Crippen LogP contribution in [0.4, 0.5) is 18.9 Å². The Labute approximate surface area is 148 Å². The lowest BCUT2D eigenvalue weighted by molar-refractivity contribution is -0.167. The zero-order valence-electron chi connectivity index (χ0n) is 13.7. The van der Waals surface area contributed by atoms with Crippen molar-refractivity contribution >= 4 is 17.6 Å².